The summed E-state index contributed by atoms with van der Waals surface area (Å²) in [5.74, 6) is 0.676. The number of hydrogen-bond donors (Lipinski definition) is 3. The normalized spacial score (nSPS) is 18.2. The van der Waals surface area contributed by atoms with Crippen LogP contribution in [0.15, 0.2) is 28.1 Å². The molecule has 0 radical (unpaired) electrons. The Labute approximate surface area is 188 Å². The molecule has 1 aliphatic rings. The number of hydrogen-bond acceptors (Lipinski definition) is 5. The lowest BCUT2D eigenvalue weighted by Crippen LogP contribution is -2.41. The molecule has 1 heterocycles. The van der Waals surface area contributed by atoms with Crippen LogP contribution in [-0.4, -0.2) is 57.7 Å². The van der Waals surface area contributed by atoms with Crippen LogP contribution >= 0.6 is 35.7 Å². The number of benzene rings is 1. The van der Waals surface area contributed by atoms with Gasteiger partial charge in [0.2, 0.25) is 5.91 Å². The van der Waals surface area contributed by atoms with E-state index in [1.165, 1.54) is 16.0 Å². The van der Waals surface area contributed by atoms with Gasteiger partial charge < -0.3 is 16.0 Å². The number of aryl methyl sites for hydroxylation is 1. The van der Waals surface area contributed by atoms with Crippen molar-refractivity contribution >= 4 is 57.4 Å². The zero-order valence-electron chi connectivity index (χ0n) is 16.4. The number of carbonyl (C=O) groups is 1. The Morgan fingerprint density at radius 3 is 2.68 bits per heavy atom. The van der Waals surface area contributed by atoms with Crippen LogP contribution in [-0.2, 0) is 21.2 Å². The molecule has 7 nitrogen and oxygen atoms in total. The van der Waals surface area contributed by atoms with E-state index in [9.17, 15) is 13.2 Å². The zero-order valence-corrected chi connectivity index (χ0v) is 20.4. The molecule has 1 fully saturated rings. The van der Waals surface area contributed by atoms with Gasteiger partial charge in [-0.05, 0) is 36.8 Å². The highest BCUT2D eigenvalue weighted by Crippen LogP contribution is 2.21. The number of aliphatic imine (C=N–C) groups is 1. The highest BCUT2D eigenvalue weighted by Gasteiger charge is 2.28. The van der Waals surface area contributed by atoms with Gasteiger partial charge in [-0.25, -0.2) is 8.42 Å². The zero-order chi connectivity index (χ0) is 19.9. The van der Waals surface area contributed by atoms with Gasteiger partial charge in [0.05, 0.1) is 11.5 Å². The Morgan fingerprint density at radius 1 is 1.32 bits per heavy atom. The van der Waals surface area contributed by atoms with Crippen LogP contribution in [0.25, 0.3) is 0 Å². The third-order valence-corrected chi connectivity index (χ3v) is 6.94. The molecule has 3 N–H and O–H groups in total. The minimum absolute atomic E-state index is 0. The SMILES string of the molecule is CN=C(NCCC(=O)NC1CCS(=O)(=O)C1)NCc1ccc(C)cc1SC.I. The van der Waals surface area contributed by atoms with E-state index in [-0.39, 0.29) is 53.9 Å². The minimum atomic E-state index is -2.98. The fraction of sp³-hybridized carbons (Fsp3) is 0.556. The molecule has 0 spiro atoms. The number of nitrogens with zero attached hydrogens (tertiary/aromatic N) is 1. The topological polar surface area (TPSA) is 99.7 Å². The minimum Gasteiger partial charge on any atom is -0.356 e. The Morgan fingerprint density at radius 2 is 2.07 bits per heavy atom. The first-order valence-corrected chi connectivity index (χ1v) is 12.0. The Bertz CT molecular complexity index is 800. The number of guanidine groups is 1. The van der Waals surface area contributed by atoms with Crippen LogP contribution in [0, 0.1) is 6.92 Å². The van der Waals surface area contributed by atoms with Crippen molar-refractivity contribution in [2.45, 2.75) is 37.2 Å². The molecular weight excluding hydrogens is 511 g/mol. The van der Waals surface area contributed by atoms with Gasteiger partial charge in [-0.3, -0.25) is 9.79 Å². The van der Waals surface area contributed by atoms with E-state index in [0.717, 1.165) is 0 Å². The summed E-state index contributed by atoms with van der Waals surface area (Å²) in [6.45, 7) is 3.14. The van der Waals surface area contributed by atoms with E-state index in [1.54, 1.807) is 18.8 Å². The maximum atomic E-state index is 12.0. The van der Waals surface area contributed by atoms with Crippen LogP contribution in [0.3, 0.4) is 0 Å². The number of thioether (sulfide) groups is 1. The second kappa shape index (κ2) is 11.9. The van der Waals surface area contributed by atoms with Gasteiger partial charge in [0.25, 0.3) is 0 Å². The number of nitrogens with one attached hydrogen (secondary N) is 3. The van der Waals surface area contributed by atoms with Crippen LogP contribution in [0.4, 0.5) is 0 Å². The number of carbonyl (C=O) groups excluding carboxylic acids is 1. The van der Waals surface area contributed by atoms with Gasteiger partial charge in [-0.1, -0.05) is 12.1 Å². The Balaban J connectivity index is 0.00000392. The van der Waals surface area contributed by atoms with E-state index in [1.807, 2.05) is 0 Å². The van der Waals surface area contributed by atoms with Crippen LogP contribution < -0.4 is 16.0 Å². The number of sulfone groups is 1. The van der Waals surface area contributed by atoms with Gasteiger partial charge in [-0.2, -0.15) is 0 Å². The molecule has 0 aromatic heterocycles. The van der Waals surface area contributed by atoms with Crippen molar-refractivity contribution in [2.75, 3.05) is 31.4 Å². The number of amides is 1. The van der Waals surface area contributed by atoms with Gasteiger partial charge in [-0.15, -0.1) is 35.7 Å². The van der Waals surface area contributed by atoms with Gasteiger partial charge in [0.15, 0.2) is 15.8 Å². The van der Waals surface area contributed by atoms with Crippen LogP contribution in [0.5, 0.6) is 0 Å². The monoisotopic (exact) mass is 540 g/mol. The quantitative estimate of drug-likeness (QED) is 0.211. The van der Waals surface area contributed by atoms with Crippen molar-refractivity contribution in [3.05, 3.63) is 29.3 Å². The maximum Gasteiger partial charge on any atom is 0.222 e. The predicted octanol–water partition coefficient (Wildman–Crippen LogP) is 1.69. The summed E-state index contributed by atoms with van der Waals surface area (Å²) >= 11 is 1.71. The van der Waals surface area contributed by atoms with E-state index in [4.69, 9.17) is 0 Å². The van der Waals surface area contributed by atoms with Gasteiger partial charge in [0.1, 0.15) is 0 Å². The lowest BCUT2D eigenvalue weighted by Gasteiger charge is -2.15. The lowest BCUT2D eigenvalue weighted by molar-refractivity contribution is -0.121. The summed E-state index contributed by atoms with van der Waals surface area (Å²) in [5, 5.41) is 9.15. The smallest absolute Gasteiger partial charge is 0.222 e. The molecule has 10 heteroatoms. The molecule has 1 aliphatic heterocycles. The standard InChI is InChI=1S/C18H28N4O3S2.HI/c1-13-4-5-14(16(10-13)26-3)11-21-18(19-2)20-8-6-17(23)22-15-7-9-27(24,25)12-15;/h4-5,10,15H,6-9,11-12H2,1-3H3,(H,22,23)(H2,19,20,21);1H. The second-order valence-corrected chi connectivity index (χ2v) is 9.66. The summed E-state index contributed by atoms with van der Waals surface area (Å²) in [6, 6.07) is 6.09. The van der Waals surface area contributed by atoms with E-state index in [0.29, 0.717) is 25.5 Å². The number of rotatable bonds is 7. The second-order valence-electron chi connectivity index (χ2n) is 6.59. The molecule has 1 aromatic carbocycles. The first-order chi connectivity index (χ1) is 12.8. The Kier molecular flexibility index (Phi) is 10.6. The van der Waals surface area contributed by atoms with Crippen molar-refractivity contribution in [2.24, 2.45) is 4.99 Å². The molecule has 1 saturated heterocycles. The van der Waals surface area contributed by atoms with Crippen LogP contribution in [0.1, 0.15) is 24.0 Å². The summed E-state index contributed by atoms with van der Waals surface area (Å²) in [4.78, 5) is 17.4. The van der Waals surface area contributed by atoms with Crippen molar-refractivity contribution < 1.29 is 13.2 Å². The molecule has 0 saturated carbocycles. The molecule has 1 amide bonds. The van der Waals surface area contributed by atoms with Gasteiger partial charge in [0, 0.05) is 37.5 Å². The summed E-state index contributed by atoms with van der Waals surface area (Å²) in [7, 11) is -1.30. The lowest BCUT2D eigenvalue weighted by atomic mass is 10.1. The molecule has 1 atom stereocenters. The van der Waals surface area contributed by atoms with Crippen molar-refractivity contribution in [1.82, 2.24) is 16.0 Å². The van der Waals surface area contributed by atoms with Crippen LogP contribution in [0.2, 0.25) is 0 Å². The largest absolute Gasteiger partial charge is 0.356 e. The van der Waals surface area contributed by atoms with E-state index in [2.05, 4.69) is 52.3 Å². The molecule has 1 aromatic rings. The number of halogens is 1. The third-order valence-electron chi connectivity index (χ3n) is 4.35. The fourth-order valence-electron chi connectivity index (χ4n) is 2.90. The summed E-state index contributed by atoms with van der Waals surface area (Å²) in [6.07, 6.45) is 2.82. The maximum absolute atomic E-state index is 12.0. The average Bonchev–Trinajstić information content (AvgIpc) is 2.96. The summed E-state index contributed by atoms with van der Waals surface area (Å²) < 4.78 is 22.9. The molecule has 2 rings (SSSR count). The molecule has 28 heavy (non-hydrogen) atoms. The molecule has 0 aliphatic carbocycles. The van der Waals surface area contributed by atoms with E-state index >= 15 is 0 Å². The molecule has 158 valence electrons. The first kappa shape index (κ1) is 25.0. The average molecular weight is 540 g/mol. The highest BCUT2D eigenvalue weighted by molar-refractivity contribution is 14.0. The molecular formula is C18H29IN4O3S2. The molecule has 0 bridgehead atoms. The fourth-order valence-corrected chi connectivity index (χ4v) is 5.28. The van der Waals surface area contributed by atoms with E-state index < -0.39 is 9.84 Å². The summed E-state index contributed by atoms with van der Waals surface area (Å²) in [5.41, 5.74) is 2.42. The van der Waals surface area contributed by atoms with Gasteiger partial charge >= 0.3 is 0 Å². The third kappa shape index (κ3) is 8.16. The van der Waals surface area contributed by atoms with Crippen molar-refractivity contribution in [1.29, 1.82) is 0 Å². The first-order valence-electron chi connectivity index (χ1n) is 8.91. The van der Waals surface area contributed by atoms with Crippen molar-refractivity contribution in [3.8, 4) is 0 Å². The Hall–Kier alpha value is -1.01. The highest BCUT2D eigenvalue weighted by atomic mass is 127. The molecule has 1 unspecified atom stereocenters. The van der Waals surface area contributed by atoms with Crippen molar-refractivity contribution in [3.63, 3.8) is 0 Å². The predicted molar refractivity (Wildman–Crippen MR) is 126 cm³/mol.